The number of ether oxygens (including phenoxy) is 1. The van der Waals surface area contributed by atoms with E-state index in [2.05, 4.69) is 34.9 Å². The summed E-state index contributed by atoms with van der Waals surface area (Å²) in [6.45, 7) is 4.41. The smallest absolute Gasteiger partial charge is 0.407 e. The van der Waals surface area contributed by atoms with Crippen LogP contribution in [0.1, 0.15) is 56.6 Å². The van der Waals surface area contributed by atoms with Crippen LogP contribution >= 0.6 is 0 Å². The molecule has 0 spiro atoms. The number of carbonyl (C=O) groups is 3. The van der Waals surface area contributed by atoms with E-state index in [0.717, 1.165) is 30.4 Å². The number of alkyl carbamates (subject to hydrolysis) is 1. The molecule has 1 saturated carbocycles. The quantitative estimate of drug-likeness (QED) is 0.490. The predicted molar refractivity (Wildman–Crippen MR) is 133 cm³/mol. The Kier molecular flexibility index (Phi) is 7.73. The molecule has 2 aromatic carbocycles. The van der Waals surface area contributed by atoms with E-state index in [-0.39, 0.29) is 42.6 Å². The molecule has 1 fully saturated rings. The predicted octanol–water partition coefficient (Wildman–Crippen LogP) is 4.56. The minimum atomic E-state index is -0.927. The second-order valence-electron chi connectivity index (χ2n) is 9.96. The lowest BCUT2D eigenvalue weighted by Crippen LogP contribution is -2.45. The number of carboxylic acids is 1. The summed E-state index contributed by atoms with van der Waals surface area (Å²) in [7, 11) is 0. The Hall–Kier alpha value is -3.35. The van der Waals surface area contributed by atoms with Crippen LogP contribution in [0, 0.1) is 17.8 Å². The monoisotopic (exact) mass is 478 g/mol. The van der Waals surface area contributed by atoms with Crippen LogP contribution in [0.25, 0.3) is 11.1 Å². The Morgan fingerprint density at radius 1 is 1.00 bits per heavy atom. The first-order chi connectivity index (χ1) is 16.8. The molecule has 3 atom stereocenters. The highest BCUT2D eigenvalue weighted by molar-refractivity contribution is 5.81. The largest absolute Gasteiger partial charge is 0.481 e. The summed E-state index contributed by atoms with van der Waals surface area (Å²) in [6, 6.07) is 16.0. The second kappa shape index (κ2) is 10.9. The Morgan fingerprint density at radius 3 is 2.23 bits per heavy atom. The zero-order valence-corrected chi connectivity index (χ0v) is 20.3. The fourth-order valence-electron chi connectivity index (χ4n) is 5.42. The molecule has 0 saturated heterocycles. The summed E-state index contributed by atoms with van der Waals surface area (Å²) in [4.78, 5) is 36.6. The van der Waals surface area contributed by atoms with Gasteiger partial charge in [-0.3, -0.25) is 9.59 Å². The summed E-state index contributed by atoms with van der Waals surface area (Å²) < 4.78 is 5.62. The molecule has 0 bridgehead atoms. The third-order valence-electron chi connectivity index (χ3n) is 7.38. The molecule has 2 aliphatic carbocycles. The number of nitrogens with one attached hydrogen (secondary N) is 2. The topological polar surface area (TPSA) is 105 Å². The van der Waals surface area contributed by atoms with E-state index in [4.69, 9.17) is 9.84 Å². The highest BCUT2D eigenvalue weighted by Crippen LogP contribution is 2.44. The van der Waals surface area contributed by atoms with Crippen molar-refractivity contribution in [3.63, 3.8) is 0 Å². The summed E-state index contributed by atoms with van der Waals surface area (Å²) in [6.07, 6.45) is 1.90. The minimum Gasteiger partial charge on any atom is -0.481 e. The first kappa shape index (κ1) is 24.8. The summed E-state index contributed by atoms with van der Waals surface area (Å²) >= 11 is 0. The van der Waals surface area contributed by atoms with Gasteiger partial charge in [0.15, 0.2) is 0 Å². The average Bonchev–Trinajstić information content (AvgIpc) is 3.43. The summed E-state index contributed by atoms with van der Waals surface area (Å²) in [5.74, 6) is -1.26. The average molecular weight is 479 g/mol. The fourth-order valence-corrected chi connectivity index (χ4v) is 5.42. The third kappa shape index (κ3) is 5.66. The Morgan fingerprint density at radius 2 is 1.63 bits per heavy atom. The molecule has 2 aliphatic rings. The first-order valence-corrected chi connectivity index (χ1v) is 12.5. The van der Waals surface area contributed by atoms with E-state index >= 15 is 0 Å². The van der Waals surface area contributed by atoms with Crippen LogP contribution in [0.4, 0.5) is 4.79 Å². The van der Waals surface area contributed by atoms with E-state index < -0.39 is 18.1 Å². The zero-order chi connectivity index (χ0) is 24.9. The van der Waals surface area contributed by atoms with Gasteiger partial charge in [-0.25, -0.2) is 4.79 Å². The molecule has 35 heavy (non-hydrogen) atoms. The van der Waals surface area contributed by atoms with Crippen LogP contribution in [0.15, 0.2) is 48.5 Å². The highest BCUT2D eigenvalue weighted by Gasteiger charge is 2.35. The molecule has 0 unspecified atom stereocenters. The van der Waals surface area contributed by atoms with E-state index in [1.807, 2.05) is 38.1 Å². The van der Waals surface area contributed by atoms with Gasteiger partial charge in [-0.05, 0) is 46.9 Å². The van der Waals surface area contributed by atoms with Crippen LogP contribution in [0.3, 0.4) is 0 Å². The fraction of sp³-hybridized carbons (Fsp3) is 0.464. The minimum absolute atomic E-state index is 0.000332. The number of fused-ring (bicyclic) bond motifs is 3. The molecule has 0 radical (unpaired) electrons. The van der Waals surface area contributed by atoms with Gasteiger partial charge in [0.1, 0.15) is 6.61 Å². The van der Waals surface area contributed by atoms with Crippen molar-refractivity contribution in [1.29, 1.82) is 0 Å². The number of amides is 2. The number of rotatable bonds is 9. The lowest BCUT2D eigenvalue weighted by molar-refractivity contribution is -0.138. The van der Waals surface area contributed by atoms with Crippen molar-refractivity contribution in [2.75, 3.05) is 13.2 Å². The second-order valence-corrected chi connectivity index (χ2v) is 9.96. The van der Waals surface area contributed by atoms with Gasteiger partial charge in [0.05, 0.1) is 6.42 Å². The SMILES string of the molecule is CC(C)[C@@H](CC(=O)O)NC(=O)[C@H]1CCC[C@H]1CNC(=O)OCC1c2ccccc2-c2ccccc21. The normalized spacial score (nSPS) is 19.6. The van der Waals surface area contributed by atoms with Crippen molar-refractivity contribution >= 4 is 18.0 Å². The van der Waals surface area contributed by atoms with Gasteiger partial charge in [0.25, 0.3) is 0 Å². The number of carboxylic acid groups (broad SMARTS) is 1. The molecule has 7 heteroatoms. The number of carbonyl (C=O) groups excluding carboxylic acids is 2. The highest BCUT2D eigenvalue weighted by atomic mass is 16.5. The van der Waals surface area contributed by atoms with E-state index in [0.29, 0.717) is 6.54 Å². The van der Waals surface area contributed by atoms with Crippen LogP contribution < -0.4 is 10.6 Å². The number of benzene rings is 2. The van der Waals surface area contributed by atoms with Gasteiger partial charge in [-0.15, -0.1) is 0 Å². The van der Waals surface area contributed by atoms with Crippen molar-refractivity contribution in [2.45, 2.75) is 51.5 Å². The molecule has 3 N–H and O–H groups in total. The molecule has 186 valence electrons. The molecule has 7 nitrogen and oxygen atoms in total. The maximum Gasteiger partial charge on any atom is 0.407 e. The van der Waals surface area contributed by atoms with E-state index in [1.165, 1.54) is 11.1 Å². The van der Waals surface area contributed by atoms with Crippen LogP contribution in [-0.2, 0) is 14.3 Å². The van der Waals surface area contributed by atoms with Gasteiger partial charge in [-0.1, -0.05) is 68.8 Å². The van der Waals surface area contributed by atoms with E-state index in [1.54, 1.807) is 0 Å². The third-order valence-corrected chi connectivity index (χ3v) is 7.38. The van der Waals surface area contributed by atoms with Crippen molar-refractivity contribution in [2.24, 2.45) is 17.8 Å². The van der Waals surface area contributed by atoms with Crippen LogP contribution in [-0.4, -0.2) is 42.3 Å². The van der Waals surface area contributed by atoms with Gasteiger partial charge < -0.3 is 20.5 Å². The van der Waals surface area contributed by atoms with Crippen molar-refractivity contribution in [3.8, 4) is 11.1 Å². The van der Waals surface area contributed by atoms with E-state index in [9.17, 15) is 14.4 Å². The first-order valence-electron chi connectivity index (χ1n) is 12.5. The Labute approximate surface area is 206 Å². The molecule has 0 aromatic heterocycles. The number of hydrogen-bond donors (Lipinski definition) is 3. The van der Waals surface area contributed by atoms with Gasteiger partial charge >= 0.3 is 12.1 Å². The van der Waals surface area contributed by atoms with Crippen molar-refractivity contribution in [1.82, 2.24) is 10.6 Å². The van der Waals surface area contributed by atoms with Gasteiger partial charge in [-0.2, -0.15) is 0 Å². The van der Waals surface area contributed by atoms with Crippen molar-refractivity contribution in [3.05, 3.63) is 59.7 Å². The maximum absolute atomic E-state index is 12.9. The molecule has 0 aliphatic heterocycles. The van der Waals surface area contributed by atoms with Gasteiger partial charge in [0, 0.05) is 24.4 Å². The lowest BCUT2D eigenvalue weighted by atomic mass is 9.93. The molecule has 0 heterocycles. The Balaban J connectivity index is 1.30. The van der Waals surface area contributed by atoms with Crippen LogP contribution in [0.5, 0.6) is 0 Å². The van der Waals surface area contributed by atoms with Crippen molar-refractivity contribution < 1.29 is 24.2 Å². The molecule has 2 amide bonds. The Bertz CT molecular complexity index is 1040. The molecule has 4 rings (SSSR count). The number of hydrogen-bond acceptors (Lipinski definition) is 4. The maximum atomic E-state index is 12.9. The lowest BCUT2D eigenvalue weighted by Gasteiger charge is -2.25. The number of aliphatic carboxylic acids is 1. The van der Waals surface area contributed by atoms with Crippen LogP contribution in [0.2, 0.25) is 0 Å². The summed E-state index contributed by atoms with van der Waals surface area (Å²) in [5.41, 5.74) is 4.68. The van der Waals surface area contributed by atoms with Gasteiger partial charge in [0.2, 0.25) is 5.91 Å². The standard InChI is InChI=1S/C28H34N2O5/c1-17(2)25(14-26(31)32)30-27(33)19-13-7-8-18(19)15-29-28(34)35-16-24-22-11-5-3-9-20(22)21-10-4-6-12-23(21)24/h3-6,9-12,17-19,24-25H,7-8,13-16H2,1-2H3,(H,29,34)(H,30,33)(H,31,32)/t18-,19-,25+/m0/s1. The summed E-state index contributed by atoms with van der Waals surface area (Å²) in [5, 5.41) is 14.9. The molecular formula is C28H34N2O5. The zero-order valence-electron chi connectivity index (χ0n) is 20.3. The molecular weight excluding hydrogens is 444 g/mol. The molecule has 2 aromatic rings.